The molecule has 2 aromatic rings. The molecule has 7 nitrogen and oxygen atoms in total. The van der Waals surface area contributed by atoms with E-state index in [1.807, 2.05) is 17.8 Å². The van der Waals surface area contributed by atoms with E-state index < -0.39 is 0 Å². The largest absolute Gasteiger partial charge is 0.352 e. The number of rotatable bonds is 7. The second kappa shape index (κ2) is 8.49. The molecule has 1 fully saturated rings. The SMILES string of the molecule is CCn1cc(C(=O)NCC2CCN(CCn3cc(Cl)cn3)CC2)cn1. The van der Waals surface area contributed by atoms with Gasteiger partial charge in [0.15, 0.2) is 0 Å². The molecule has 0 unspecified atom stereocenters. The first-order valence-electron chi connectivity index (χ1n) is 8.85. The van der Waals surface area contributed by atoms with E-state index in [1.165, 1.54) is 0 Å². The Hall–Kier alpha value is -1.86. The molecule has 1 N–H and O–H groups in total. The Labute approximate surface area is 152 Å². The van der Waals surface area contributed by atoms with E-state index >= 15 is 0 Å². The first-order chi connectivity index (χ1) is 12.1. The summed E-state index contributed by atoms with van der Waals surface area (Å²) in [4.78, 5) is 14.6. The molecule has 8 heteroatoms. The minimum absolute atomic E-state index is 0.0299. The molecule has 0 spiro atoms. The zero-order valence-electron chi connectivity index (χ0n) is 14.6. The number of carbonyl (C=O) groups is 1. The minimum Gasteiger partial charge on any atom is -0.352 e. The number of amides is 1. The van der Waals surface area contributed by atoms with E-state index in [1.54, 1.807) is 23.3 Å². The van der Waals surface area contributed by atoms with Gasteiger partial charge in [0.05, 0.1) is 29.5 Å². The fourth-order valence-electron chi connectivity index (χ4n) is 3.11. The molecule has 2 aromatic heterocycles. The molecular formula is C17H25ClN6O. The molecular weight excluding hydrogens is 340 g/mol. The summed E-state index contributed by atoms with van der Waals surface area (Å²) in [7, 11) is 0. The maximum atomic E-state index is 12.1. The van der Waals surface area contributed by atoms with Gasteiger partial charge in [-0.05, 0) is 38.8 Å². The second-order valence-corrected chi connectivity index (χ2v) is 6.94. The number of halogens is 1. The molecule has 1 aliphatic rings. The van der Waals surface area contributed by atoms with Gasteiger partial charge in [0, 0.05) is 32.0 Å². The Morgan fingerprint density at radius 1 is 1.20 bits per heavy atom. The lowest BCUT2D eigenvalue weighted by molar-refractivity contribution is 0.0935. The smallest absolute Gasteiger partial charge is 0.254 e. The molecule has 1 amide bonds. The van der Waals surface area contributed by atoms with Gasteiger partial charge in [0.1, 0.15) is 0 Å². The standard InChI is InChI=1S/C17H25ClN6O/c1-2-23-12-15(10-20-23)17(25)19-9-14-3-5-22(6-4-14)7-8-24-13-16(18)11-21-24/h10-14H,2-9H2,1H3,(H,19,25). The average Bonchev–Trinajstić information content (AvgIpc) is 3.27. The van der Waals surface area contributed by atoms with Gasteiger partial charge in [-0.1, -0.05) is 11.6 Å². The van der Waals surface area contributed by atoms with E-state index in [0.717, 1.165) is 52.1 Å². The summed E-state index contributed by atoms with van der Waals surface area (Å²) in [6.07, 6.45) is 9.15. The summed E-state index contributed by atoms with van der Waals surface area (Å²) in [5, 5.41) is 12.1. The molecule has 3 heterocycles. The van der Waals surface area contributed by atoms with Crippen molar-refractivity contribution in [2.45, 2.75) is 32.9 Å². The maximum Gasteiger partial charge on any atom is 0.254 e. The van der Waals surface area contributed by atoms with Crippen LogP contribution in [0.25, 0.3) is 0 Å². The molecule has 0 saturated carbocycles. The van der Waals surface area contributed by atoms with Gasteiger partial charge in [-0.25, -0.2) is 0 Å². The van der Waals surface area contributed by atoms with Crippen molar-refractivity contribution in [2.24, 2.45) is 5.92 Å². The molecule has 25 heavy (non-hydrogen) atoms. The Morgan fingerprint density at radius 2 is 1.96 bits per heavy atom. The monoisotopic (exact) mass is 364 g/mol. The number of nitrogens with zero attached hydrogens (tertiary/aromatic N) is 5. The highest BCUT2D eigenvalue weighted by atomic mass is 35.5. The summed E-state index contributed by atoms with van der Waals surface area (Å²) in [6.45, 7) is 7.47. The normalized spacial score (nSPS) is 16.2. The first kappa shape index (κ1) is 17.9. The lowest BCUT2D eigenvalue weighted by atomic mass is 9.96. The maximum absolute atomic E-state index is 12.1. The fraction of sp³-hybridized carbons (Fsp3) is 0.588. The third-order valence-corrected chi connectivity index (χ3v) is 4.92. The second-order valence-electron chi connectivity index (χ2n) is 6.50. The molecule has 136 valence electrons. The first-order valence-corrected chi connectivity index (χ1v) is 9.23. The molecule has 3 rings (SSSR count). The Morgan fingerprint density at radius 3 is 2.60 bits per heavy atom. The third-order valence-electron chi connectivity index (χ3n) is 4.72. The van der Waals surface area contributed by atoms with Gasteiger partial charge in [-0.3, -0.25) is 14.2 Å². The van der Waals surface area contributed by atoms with Crippen LogP contribution in [0.15, 0.2) is 24.8 Å². The van der Waals surface area contributed by atoms with Crippen LogP contribution in [0.5, 0.6) is 0 Å². The average molecular weight is 365 g/mol. The summed E-state index contributed by atoms with van der Waals surface area (Å²) >= 11 is 5.88. The van der Waals surface area contributed by atoms with Crippen molar-refractivity contribution >= 4 is 17.5 Å². The van der Waals surface area contributed by atoms with Crippen LogP contribution in [0.2, 0.25) is 5.02 Å². The highest BCUT2D eigenvalue weighted by Gasteiger charge is 2.20. The number of aryl methyl sites for hydroxylation is 1. The number of hydrogen-bond donors (Lipinski definition) is 1. The van der Waals surface area contributed by atoms with Crippen LogP contribution in [-0.4, -0.2) is 56.5 Å². The minimum atomic E-state index is -0.0299. The van der Waals surface area contributed by atoms with Crippen LogP contribution in [0, 0.1) is 5.92 Å². The van der Waals surface area contributed by atoms with Gasteiger partial charge in [-0.15, -0.1) is 0 Å². The van der Waals surface area contributed by atoms with Crippen molar-refractivity contribution in [3.8, 4) is 0 Å². The highest BCUT2D eigenvalue weighted by Crippen LogP contribution is 2.16. The van der Waals surface area contributed by atoms with Crippen LogP contribution in [-0.2, 0) is 13.1 Å². The quantitative estimate of drug-likeness (QED) is 0.814. The third kappa shape index (κ3) is 5.06. The van der Waals surface area contributed by atoms with E-state index in [2.05, 4.69) is 20.4 Å². The molecule has 0 radical (unpaired) electrons. The van der Waals surface area contributed by atoms with Crippen molar-refractivity contribution in [3.63, 3.8) is 0 Å². The van der Waals surface area contributed by atoms with E-state index in [-0.39, 0.29) is 5.91 Å². The zero-order chi connectivity index (χ0) is 17.6. The lowest BCUT2D eigenvalue weighted by Crippen LogP contribution is -2.39. The van der Waals surface area contributed by atoms with Crippen LogP contribution in [0.3, 0.4) is 0 Å². The van der Waals surface area contributed by atoms with Gasteiger partial charge in [0.25, 0.3) is 5.91 Å². The van der Waals surface area contributed by atoms with Crippen molar-refractivity contribution in [1.29, 1.82) is 0 Å². The van der Waals surface area contributed by atoms with Gasteiger partial charge in [-0.2, -0.15) is 10.2 Å². The molecule has 1 aliphatic heterocycles. The number of carbonyl (C=O) groups excluding carboxylic acids is 1. The number of nitrogens with one attached hydrogen (secondary N) is 1. The van der Waals surface area contributed by atoms with E-state index in [4.69, 9.17) is 11.6 Å². The predicted octanol–water partition coefficient (Wildman–Crippen LogP) is 1.89. The van der Waals surface area contributed by atoms with Gasteiger partial charge >= 0.3 is 0 Å². The van der Waals surface area contributed by atoms with Crippen LogP contribution < -0.4 is 5.32 Å². The summed E-state index contributed by atoms with van der Waals surface area (Å²) in [5.74, 6) is 0.512. The Bertz CT molecular complexity index is 689. The molecule has 0 bridgehead atoms. The van der Waals surface area contributed by atoms with Crippen LogP contribution in [0.4, 0.5) is 0 Å². The predicted molar refractivity (Wildman–Crippen MR) is 96.6 cm³/mol. The Balaban J connectivity index is 1.35. The van der Waals surface area contributed by atoms with Crippen molar-refractivity contribution < 1.29 is 4.79 Å². The molecule has 0 aliphatic carbocycles. The van der Waals surface area contributed by atoms with Crippen LogP contribution in [0.1, 0.15) is 30.1 Å². The highest BCUT2D eigenvalue weighted by molar-refractivity contribution is 6.30. The number of hydrogen-bond acceptors (Lipinski definition) is 4. The molecule has 0 atom stereocenters. The van der Waals surface area contributed by atoms with Crippen molar-refractivity contribution in [1.82, 2.24) is 29.8 Å². The van der Waals surface area contributed by atoms with Gasteiger partial charge in [0.2, 0.25) is 0 Å². The Kier molecular flexibility index (Phi) is 6.09. The fourth-order valence-corrected chi connectivity index (χ4v) is 3.27. The number of piperidine rings is 1. The van der Waals surface area contributed by atoms with E-state index in [0.29, 0.717) is 16.5 Å². The lowest BCUT2D eigenvalue weighted by Gasteiger charge is -2.31. The topological polar surface area (TPSA) is 68.0 Å². The van der Waals surface area contributed by atoms with Crippen molar-refractivity contribution in [3.05, 3.63) is 35.4 Å². The van der Waals surface area contributed by atoms with Crippen LogP contribution >= 0.6 is 11.6 Å². The zero-order valence-corrected chi connectivity index (χ0v) is 15.3. The summed E-state index contributed by atoms with van der Waals surface area (Å²) < 4.78 is 3.64. The number of likely N-dealkylation sites (tertiary alicyclic amines) is 1. The summed E-state index contributed by atoms with van der Waals surface area (Å²) in [5.41, 5.74) is 0.636. The number of aromatic nitrogens is 4. The summed E-state index contributed by atoms with van der Waals surface area (Å²) in [6, 6.07) is 0. The molecule has 1 saturated heterocycles. The molecule has 0 aromatic carbocycles. The van der Waals surface area contributed by atoms with Gasteiger partial charge < -0.3 is 10.2 Å². The van der Waals surface area contributed by atoms with E-state index in [9.17, 15) is 4.79 Å². The van der Waals surface area contributed by atoms with Crippen molar-refractivity contribution in [2.75, 3.05) is 26.2 Å².